The minimum Gasteiger partial charge on any atom is -0.395 e. The van der Waals surface area contributed by atoms with Crippen LogP contribution < -0.4 is 5.32 Å². The molecule has 0 aromatic heterocycles. The predicted molar refractivity (Wildman–Crippen MR) is 42.9 cm³/mol. The summed E-state index contributed by atoms with van der Waals surface area (Å²) in [6.07, 6.45) is -3.42. The van der Waals surface area contributed by atoms with Crippen LogP contribution in [0.25, 0.3) is 0 Å². The molecule has 0 aromatic rings. The van der Waals surface area contributed by atoms with Crippen LogP contribution in [0.3, 0.4) is 0 Å². The Labute approximate surface area is 75.4 Å². The second-order valence-electron chi connectivity index (χ2n) is 3.21. The third-order valence-corrected chi connectivity index (χ3v) is 2.33. The summed E-state index contributed by atoms with van der Waals surface area (Å²) < 4.78 is 0. The number of nitrogens with one attached hydrogen (secondary N) is 1. The number of hydrogen-bond acceptors (Lipinski definition) is 6. The zero-order valence-electron chi connectivity index (χ0n) is 7.04. The summed E-state index contributed by atoms with van der Waals surface area (Å²) in [5, 5.41) is 47.9. The van der Waals surface area contributed by atoms with Gasteiger partial charge in [0.15, 0.2) is 0 Å². The smallest absolute Gasteiger partial charge is 0.0994 e. The Morgan fingerprint density at radius 3 is 2.15 bits per heavy atom. The molecule has 1 aliphatic rings. The van der Waals surface area contributed by atoms with Crippen LogP contribution in [0, 0.1) is 0 Å². The molecule has 5 atom stereocenters. The van der Waals surface area contributed by atoms with Gasteiger partial charge in [-0.1, -0.05) is 0 Å². The maximum Gasteiger partial charge on any atom is 0.0994 e. The Bertz CT molecular complexity index is 167. The highest BCUT2D eigenvalue weighted by atomic mass is 16.3. The molecule has 1 unspecified atom stereocenters. The van der Waals surface area contributed by atoms with Gasteiger partial charge in [0.1, 0.15) is 0 Å². The summed E-state index contributed by atoms with van der Waals surface area (Å²) in [6, 6.07) is -1.45. The van der Waals surface area contributed by atoms with Crippen molar-refractivity contribution >= 4 is 0 Å². The zero-order chi connectivity index (χ0) is 10.0. The van der Waals surface area contributed by atoms with Crippen molar-refractivity contribution in [3.63, 3.8) is 0 Å². The summed E-state index contributed by atoms with van der Waals surface area (Å²) in [7, 11) is 0. The molecule has 1 aliphatic heterocycles. The van der Waals surface area contributed by atoms with E-state index < -0.39 is 37.0 Å². The van der Waals surface area contributed by atoms with Gasteiger partial charge < -0.3 is 30.8 Å². The van der Waals surface area contributed by atoms with Gasteiger partial charge in [-0.3, -0.25) is 0 Å². The van der Waals surface area contributed by atoms with Crippen molar-refractivity contribution in [2.24, 2.45) is 0 Å². The molecular weight excluding hydrogens is 178 g/mol. The first-order valence-electron chi connectivity index (χ1n) is 4.13. The molecular formula is C7H15NO5. The highest BCUT2D eigenvalue weighted by Crippen LogP contribution is 2.16. The topological polar surface area (TPSA) is 113 Å². The molecule has 1 saturated heterocycles. The molecule has 0 bridgehead atoms. The molecule has 0 aromatic carbocycles. The lowest BCUT2D eigenvalue weighted by Crippen LogP contribution is -2.45. The molecule has 1 fully saturated rings. The van der Waals surface area contributed by atoms with Crippen LogP contribution in [0.15, 0.2) is 0 Å². The van der Waals surface area contributed by atoms with E-state index in [1.807, 2.05) is 0 Å². The molecule has 1 heterocycles. The molecule has 6 nitrogen and oxygen atoms in total. The van der Waals surface area contributed by atoms with E-state index in [0.29, 0.717) is 0 Å². The van der Waals surface area contributed by atoms with E-state index in [1.165, 1.54) is 0 Å². The van der Waals surface area contributed by atoms with Crippen LogP contribution in [-0.4, -0.2) is 69.1 Å². The van der Waals surface area contributed by atoms with Crippen LogP contribution in [0.5, 0.6) is 0 Å². The lowest BCUT2D eigenvalue weighted by molar-refractivity contribution is -0.0150. The van der Waals surface area contributed by atoms with Gasteiger partial charge in [-0.15, -0.1) is 0 Å². The summed E-state index contributed by atoms with van der Waals surface area (Å²) in [5.74, 6) is 0. The van der Waals surface area contributed by atoms with Crippen molar-refractivity contribution in [1.29, 1.82) is 0 Å². The lowest BCUT2D eigenvalue weighted by atomic mass is 10.0. The van der Waals surface area contributed by atoms with E-state index in [-0.39, 0.29) is 6.61 Å². The van der Waals surface area contributed by atoms with E-state index in [1.54, 1.807) is 0 Å². The first-order valence-corrected chi connectivity index (χ1v) is 4.13. The van der Waals surface area contributed by atoms with Gasteiger partial charge in [0.25, 0.3) is 0 Å². The van der Waals surface area contributed by atoms with E-state index in [4.69, 9.17) is 10.2 Å². The highest BCUT2D eigenvalue weighted by molar-refractivity contribution is 5.00. The fraction of sp³-hybridized carbons (Fsp3) is 1.00. The predicted octanol–water partition coefficient (Wildman–Crippen LogP) is -3.61. The first-order chi connectivity index (χ1) is 6.11. The normalized spacial score (nSPS) is 42.2. The van der Waals surface area contributed by atoms with Crippen molar-refractivity contribution in [2.75, 3.05) is 13.2 Å². The minimum atomic E-state index is -1.17. The zero-order valence-corrected chi connectivity index (χ0v) is 7.04. The Hall–Kier alpha value is -0.240. The summed E-state index contributed by atoms with van der Waals surface area (Å²) in [5.41, 5.74) is 0. The largest absolute Gasteiger partial charge is 0.395 e. The fourth-order valence-electron chi connectivity index (χ4n) is 1.51. The maximum atomic E-state index is 9.37. The standard InChI is InChI=1S/C7H15NO5/c9-1-3-6(12)7(13)5(8-3)4(11)2-10/h3-13H,1-2H2/t3-,4-,5?,6-,7+/m1/s1. The van der Waals surface area contributed by atoms with Gasteiger partial charge in [0.05, 0.1) is 43.6 Å². The van der Waals surface area contributed by atoms with Gasteiger partial charge in [-0.2, -0.15) is 0 Å². The van der Waals surface area contributed by atoms with Crippen molar-refractivity contribution < 1.29 is 25.5 Å². The fourth-order valence-corrected chi connectivity index (χ4v) is 1.51. The van der Waals surface area contributed by atoms with E-state index in [2.05, 4.69) is 5.32 Å². The van der Waals surface area contributed by atoms with Gasteiger partial charge in [0, 0.05) is 0 Å². The number of aliphatic hydroxyl groups excluding tert-OH is 5. The number of rotatable bonds is 3. The van der Waals surface area contributed by atoms with Crippen LogP contribution in [0.2, 0.25) is 0 Å². The maximum absolute atomic E-state index is 9.37. The summed E-state index contributed by atoms with van der Waals surface area (Å²) in [4.78, 5) is 0. The van der Waals surface area contributed by atoms with Gasteiger partial charge in [0.2, 0.25) is 0 Å². The van der Waals surface area contributed by atoms with E-state index in [9.17, 15) is 15.3 Å². The summed E-state index contributed by atoms with van der Waals surface area (Å²) >= 11 is 0. The Balaban J connectivity index is 2.60. The van der Waals surface area contributed by atoms with Crippen molar-refractivity contribution in [3.8, 4) is 0 Å². The molecule has 0 spiro atoms. The Morgan fingerprint density at radius 1 is 1.15 bits per heavy atom. The Kier molecular flexibility index (Phi) is 3.60. The molecule has 0 aliphatic carbocycles. The van der Waals surface area contributed by atoms with Crippen molar-refractivity contribution in [1.82, 2.24) is 5.32 Å². The average molecular weight is 193 g/mol. The van der Waals surface area contributed by atoms with Gasteiger partial charge in [-0.05, 0) is 0 Å². The van der Waals surface area contributed by atoms with Crippen LogP contribution in [0.1, 0.15) is 0 Å². The number of aliphatic hydroxyl groups is 5. The second-order valence-corrected chi connectivity index (χ2v) is 3.21. The van der Waals surface area contributed by atoms with Crippen molar-refractivity contribution in [3.05, 3.63) is 0 Å². The molecule has 0 radical (unpaired) electrons. The van der Waals surface area contributed by atoms with E-state index >= 15 is 0 Å². The molecule has 0 saturated carbocycles. The monoisotopic (exact) mass is 193 g/mol. The van der Waals surface area contributed by atoms with Crippen LogP contribution in [-0.2, 0) is 0 Å². The highest BCUT2D eigenvalue weighted by Gasteiger charge is 2.43. The second kappa shape index (κ2) is 4.32. The average Bonchev–Trinajstić information content (AvgIpc) is 2.43. The van der Waals surface area contributed by atoms with E-state index in [0.717, 1.165) is 0 Å². The van der Waals surface area contributed by atoms with Crippen LogP contribution >= 0.6 is 0 Å². The molecule has 1 rings (SSSR count). The molecule has 6 N–H and O–H groups in total. The molecule has 78 valence electrons. The van der Waals surface area contributed by atoms with Crippen LogP contribution in [0.4, 0.5) is 0 Å². The lowest BCUT2D eigenvalue weighted by Gasteiger charge is -2.19. The van der Waals surface area contributed by atoms with Gasteiger partial charge >= 0.3 is 0 Å². The first kappa shape index (κ1) is 10.8. The third kappa shape index (κ3) is 1.98. The molecule has 6 heteroatoms. The quantitative estimate of drug-likeness (QED) is 0.276. The third-order valence-electron chi connectivity index (χ3n) is 2.33. The number of hydrogen-bond donors (Lipinski definition) is 6. The Morgan fingerprint density at radius 2 is 1.77 bits per heavy atom. The van der Waals surface area contributed by atoms with Crippen molar-refractivity contribution in [2.45, 2.75) is 30.4 Å². The SMILES string of the molecule is OC[C@@H](O)C1N[C@H](CO)[C@@H](O)[C@H]1O. The molecule has 13 heavy (non-hydrogen) atoms. The molecule has 0 amide bonds. The minimum absolute atomic E-state index is 0.327. The van der Waals surface area contributed by atoms with Gasteiger partial charge in [-0.25, -0.2) is 0 Å². The summed E-state index contributed by atoms with van der Waals surface area (Å²) in [6.45, 7) is -0.827.